The Kier molecular flexibility index (Phi) is 22.1. The van der Waals surface area contributed by atoms with Gasteiger partial charge in [-0.25, -0.2) is 0 Å². The van der Waals surface area contributed by atoms with Gasteiger partial charge in [-0.3, -0.25) is 0 Å². The van der Waals surface area contributed by atoms with E-state index in [1.807, 2.05) is 0 Å². The Morgan fingerprint density at radius 2 is 1.00 bits per heavy atom. The fourth-order valence-electron chi connectivity index (χ4n) is 0. The van der Waals surface area contributed by atoms with Crippen LogP contribution in [-0.2, 0) is 24.7 Å². The van der Waals surface area contributed by atoms with Crippen molar-refractivity contribution in [3.8, 4) is 0 Å². The van der Waals surface area contributed by atoms with Crippen molar-refractivity contribution in [3.63, 3.8) is 0 Å². The second-order valence-electron chi connectivity index (χ2n) is 0.448. The molecule has 55 valence electrons. The van der Waals surface area contributed by atoms with E-state index in [-0.39, 0.29) is 28.0 Å². The van der Waals surface area contributed by atoms with E-state index >= 15 is 0 Å². The van der Waals surface area contributed by atoms with Gasteiger partial charge in [0.1, 0.15) is 0 Å². The molecule has 6 nitrogen and oxygen atoms in total. The van der Waals surface area contributed by atoms with Gasteiger partial charge >= 0.3 is 29.4 Å². The molecule has 0 spiro atoms. The zero-order valence-electron chi connectivity index (χ0n) is 3.50. The Morgan fingerprint density at radius 1 is 1.00 bits per heavy atom. The second-order valence-corrected chi connectivity index (χ2v) is 2.33. The third-order valence-corrected chi connectivity index (χ3v) is 0. The molecule has 0 atom stereocenters. The Bertz CT molecular complexity index is 91.7. The molecule has 0 saturated heterocycles. The van der Waals surface area contributed by atoms with Gasteiger partial charge in [0.15, 0.2) is 0 Å². The number of hydrogen-bond donors (Lipinski definition) is 2. The predicted molar refractivity (Wildman–Crippen MR) is 18.8 cm³/mol. The van der Waals surface area contributed by atoms with E-state index in [9.17, 15) is 0 Å². The first-order chi connectivity index (χ1) is 2.00. The van der Waals surface area contributed by atoms with Crippen molar-refractivity contribution in [2.75, 3.05) is 0 Å². The maximum atomic E-state index is 8.82. The van der Waals surface area contributed by atoms with Crippen LogP contribution in [0.25, 0.3) is 0 Å². The van der Waals surface area contributed by atoms with Crippen molar-refractivity contribution >= 4 is 13.4 Å². The zero-order chi connectivity index (χ0) is 4.50. The SMILES string of the molecule is O.O.O=[Se](=O)(O)O.[Mn]. The monoisotopic (exact) mass is 237 g/mol. The fourth-order valence-corrected chi connectivity index (χ4v) is 0. The molecule has 0 aromatic rings. The van der Waals surface area contributed by atoms with E-state index in [0.717, 1.165) is 0 Å². The van der Waals surface area contributed by atoms with E-state index in [2.05, 4.69) is 0 Å². The van der Waals surface area contributed by atoms with E-state index < -0.39 is 13.4 Å². The Labute approximate surface area is 57.9 Å². The molecule has 0 aromatic heterocycles. The van der Waals surface area contributed by atoms with Crippen molar-refractivity contribution in [1.29, 1.82) is 0 Å². The molecule has 8 heavy (non-hydrogen) atoms. The fraction of sp³-hybridized carbons (Fsp3) is 0. The molecule has 0 rings (SSSR count). The predicted octanol–water partition coefficient (Wildman–Crippen LogP) is -3.38. The minimum absolute atomic E-state index is 0. The van der Waals surface area contributed by atoms with Gasteiger partial charge in [0.05, 0.1) is 0 Å². The van der Waals surface area contributed by atoms with Gasteiger partial charge in [-0.1, -0.05) is 0 Å². The molecule has 1 radical (unpaired) electrons. The summed E-state index contributed by atoms with van der Waals surface area (Å²) in [5, 5.41) is 0. The molecule has 0 aliphatic rings. The average Bonchev–Trinajstić information content (AvgIpc) is 0.722. The first-order valence-electron chi connectivity index (χ1n) is 0.698. The van der Waals surface area contributed by atoms with Gasteiger partial charge in [-0.2, -0.15) is 0 Å². The minimum Gasteiger partial charge on any atom is 0 e. The Morgan fingerprint density at radius 3 is 1.00 bits per heavy atom. The molecule has 0 aromatic carbocycles. The third kappa shape index (κ3) is 848. The standard InChI is InChI=1S/Mn.H2O4Se.2H2O/c;1-5(2,3)4;;/h;(H2,1,2,3,4);2*1H2. The molecule has 0 bridgehead atoms. The van der Waals surface area contributed by atoms with Crippen molar-refractivity contribution in [2.45, 2.75) is 0 Å². The molecule has 0 saturated carbocycles. The maximum absolute atomic E-state index is 8.82. The van der Waals surface area contributed by atoms with Crippen LogP contribution in [0.4, 0.5) is 0 Å². The molecule has 0 heterocycles. The molecule has 0 unspecified atom stereocenters. The summed E-state index contributed by atoms with van der Waals surface area (Å²) in [6.45, 7) is 0. The smallest absolute Gasteiger partial charge is 0 e. The van der Waals surface area contributed by atoms with Crippen LogP contribution in [0.2, 0.25) is 0 Å². The summed E-state index contributed by atoms with van der Waals surface area (Å²) in [5.74, 6) is 0. The van der Waals surface area contributed by atoms with E-state index in [1.165, 1.54) is 0 Å². The summed E-state index contributed by atoms with van der Waals surface area (Å²) in [5.41, 5.74) is 0. The third-order valence-electron chi connectivity index (χ3n) is 0. The summed E-state index contributed by atoms with van der Waals surface area (Å²) in [6, 6.07) is 0. The topological polar surface area (TPSA) is 138 Å². The van der Waals surface area contributed by atoms with Gasteiger partial charge in [0, 0.05) is 17.1 Å². The summed E-state index contributed by atoms with van der Waals surface area (Å²) < 4.78 is 31.9. The molecule has 6 N–H and O–H groups in total. The molecule has 0 amide bonds. The van der Waals surface area contributed by atoms with Gasteiger partial charge in [0.25, 0.3) is 0 Å². The summed E-state index contributed by atoms with van der Waals surface area (Å²) in [4.78, 5) is 0. The van der Waals surface area contributed by atoms with Crippen LogP contribution in [0.15, 0.2) is 0 Å². The van der Waals surface area contributed by atoms with Gasteiger partial charge in [-0.15, -0.1) is 0 Å². The maximum Gasteiger partial charge on any atom is 0 e. The summed E-state index contributed by atoms with van der Waals surface area (Å²) in [7, 11) is 0. The van der Waals surface area contributed by atoms with Crippen molar-refractivity contribution < 1.29 is 44.1 Å². The Hall–Kier alpha value is 0.479. The van der Waals surface area contributed by atoms with Crippen LogP contribution in [0.1, 0.15) is 0 Å². The summed E-state index contributed by atoms with van der Waals surface area (Å²) in [6.07, 6.45) is 0. The molecular weight excluding hydrogens is 230 g/mol. The first kappa shape index (κ1) is 23.6. The molecule has 0 fully saturated rings. The van der Waals surface area contributed by atoms with E-state index in [0.29, 0.717) is 0 Å². The van der Waals surface area contributed by atoms with Crippen LogP contribution >= 0.6 is 0 Å². The van der Waals surface area contributed by atoms with Gasteiger partial charge in [0.2, 0.25) is 0 Å². The van der Waals surface area contributed by atoms with Crippen molar-refractivity contribution in [1.82, 2.24) is 0 Å². The van der Waals surface area contributed by atoms with Crippen LogP contribution in [-0.4, -0.2) is 32.7 Å². The van der Waals surface area contributed by atoms with E-state index in [4.69, 9.17) is 16.0 Å². The molecule has 0 aliphatic carbocycles. The molecule has 0 aliphatic heterocycles. The van der Waals surface area contributed by atoms with E-state index in [1.54, 1.807) is 0 Å². The zero-order valence-corrected chi connectivity index (χ0v) is 6.39. The molecular formula is H6MnO6Se. The van der Waals surface area contributed by atoms with Gasteiger partial charge < -0.3 is 11.0 Å². The van der Waals surface area contributed by atoms with Crippen LogP contribution in [0.3, 0.4) is 0 Å². The van der Waals surface area contributed by atoms with Crippen LogP contribution < -0.4 is 0 Å². The molecule has 8 heteroatoms. The Balaban J connectivity index is -0.0000000267. The second kappa shape index (κ2) is 7.48. The number of hydrogen-bond acceptors (Lipinski definition) is 2. The largest absolute Gasteiger partial charge is 0 e. The summed E-state index contributed by atoms with van der Waals surface area (Å²) >= 11 is -5.25. The average molecular weight is 236 g/mol. The minimum atomic E-state index is -5.25. The van der Waals surface area contributed by atoms with Crippen molar-refractivity contribution in [3.05, 3.63) is 0 Å². The van der Waals surface area contributed by atoms with Crippen LogP contribution in [0.5, 0.6) is 0 Å². The quantitative estimate of drug-likeness (QED) is 0.423. The normalized spacial score (nSPS) is 7.25. The van der Waals surface area contributed by atoms with Crippen molar-refractivity contribution in [2.24, 2.45) is 0 Å². The van der Waals surface area contributed by atoms with Crippen LogP contribution in [0, 0.1) is 0 Å². The first-order valence-corrected chi connectivity index (χ1v) is 3.63. The number of rotatable bonds is 0. The van der Waals surface area contributed by atoms with Gasteiger partial charge in [-0.05, 0) is 0 Å².